The first-order valence-corrected chi connectivity index (χ1v) is 3.96. The van der Waals surface area contributed by atoms with Crippen molar-refractivity contribution >= 4 is 18.7 Å². The van der Waals surface area contributed by atoms with E-state index in [0.29, 0.717) is 17.4 Å². The zero-order valence-electron chi connectivity index (χ0n) is 6.08. The maximum atomic E-state index is 12.0. The van der Waals surface area contributed by atoms with Gasteiger partial charge in [-0.3, -0.25) is 0 Å². The molecule has 0 atom stereocenters. The van der Waals surface area contributed by atoms with E-state index in [1.54, 1.807) is 0 Å². The molecular weight excluding hydrogens is 208 g/mol. The Morgan fingerprint density at radius 2 is 2.00 bits per heavy atom. The minimum absolute atomic E-state index is 0.215. The molecule has 0 bridgehead atoms. The van der Waals surface area contributed by atoms with Crippen LogP contribution in [-0.4, -0.2) is 17.4 Å². The van der Waals surface area contributed by atoms with E-state index in [1.807, 2.05) is 0 Å². The predicted molar refractivity (Wildman–Crippen MR) is 40.1 cm³/mol. The predicted octanol–water partition coefficient (Wildman–Crippen LogP) is 1.12. The number of thiophene rings is 1. The lowest BCUT2D eigenvalue weighted by Crippen LogP contribution is -2.20. The van der Waals surface area contributed by atoms with Crippen molar-refractivity contribution < 1.29 is 27.9 Å². The summed E-state index contributed by atoms with van der Waals surface area (Å²) in [6, 6.07) is 0.699. The van der Waals surface area contributed by atoms with Crippen LogP contribution in [0.4, 0.5) is 13.2 Å². The minimum atomic E-state index is -4.42. The molecule has 1 heterocycles. The van der Waals surface area contributed by atoms with Crippen molar-refractivity contribution in [1.82, 2.24) is 0 Å². The highest BCUT2D eigenvalue weighted by molar-refractivity contribution is 7.10. The monoisotopic (exact) mass is 212 g/mol. The van der Waals surface area contributed by atoms with Crippen molar-refractivity contribution in [3.63, 3.8) is 0 Å². The van der Waals surface area contributed by atoms with Gasteiger partial charge < -0.3 is 14.7 Å². The molecule has 0 aromatic carbocycles. The lowest BCUT2D eigenvalue weighted by Gasteiger charge is -2.01. The van der Waals surface area contributed by atoms with Crippen LogP contribution in [0.5, 0.6) is 5.75 Å². The first-order chi connectivity index (χ1) is 5.89. The molecule has 0 saturated carbocycles. The Kier molecular flexibility index (Phi) is 2.84. The van der Waals surface area contributed by atoms with Crippen molar-refractivity contribution in [2.75, 3.05) is 0 Å². The summed E-state index contributed by atoms with van der Waals surface area (Å²) in [5.41, 5.74) is 0. The number of hydrogen-bond acceptors (Lipinski definition) is 4. The van der Waals surface area contributed by atoms with Crippen molar-refractivity contribution in [1.29, 1.82) is 0 Å². The molecule has 0 aliphatic heterocycles. The van der Waals surface area contributed by atoms with Crippen LogP contribution in [0.3, 0.4) is 0 Å². The number of rotatable bonds is 2. The summed E-state index contributed by atoms with van der Waals surface area (Å²) in [6.45, 7) is 0. The Morgan fingerprint density at radius 1 is 1.38 bits per heavy atom. The highest BCUT2D eigenvalue weighted by atomic mass is 32.1. The van der Waals surface area contributed by atoms with E-state index in [-0.39, 0.29) is 5.75 Å². The van der Waals surface area contributed by atoms with Gasteiger partial charge in [0.1, 0.15) is 10.6 Å². The molecule has 1 rings (SSSR count). The molecule has 13 heavy (non-hydrogen) atoms. The van der Waals surface area contributed by atoms with Crippen LogP contribution in [0.1, 0.15) is 4.88 Å². The fourth-order valence-electron chi connectivity index (χ4n) is 0.651. The van der Waals surface area contributed by atoms with Gasteiger partial charge in [0, 0.05) is 11.4 Å². The third-order valence-electron chi connectivity index (χ3n) is 1.10. The van der Waals surface area contributed by atoms with Gasteiger partial charge in [-0.1, -0.05) is 0 Å². The molecular formula is C5H4BF3O3S. The van der Waals surface area contributed by atoms with Crippen molar-refractivity contribution in [3.05, 3.63) is 16.3 Å². The van der Waals surface area contributed by atoms with Crippen LogP contribution in [-0.2, 0) is 6.18 Å². The first-order valence-electron chi connectivity index (χ1n) is 3.08. The van der Waals surface area contributed by atoms with Gasteiger partial charge in [-0.05, 0) is 0 Å². The van der Waals surface area contributed by atoms with Gasteiger partial charge in [0.15, 0.2) is 0 Å². The Bertz CT molecular complexity index is 285. The van der Waals surface area contributed by atoms with Crippen LogP contribution in [0.2, 0.25) is 0 Å². The quantitative estimate of drug-likeness (QED) is 0.722. The molecule has 0 spiro atoms. The normalized spacial score (nSPS) is 11.5. The smallest absolute Gasteiger partial charge is 0.511 e. The molecule has 0 saturated heterocycles. The van der Waals surface area contributed by atoms with Crippen LogP contribution in [0.25, 0.3) is 0 Å². The van der Waals surface area contributed by atoms with E-state index in [0.717, 1.165) is 5.38 Å². The molecule has 0 unspecified atom stereocenters. The zero-order valence-corrected chi connectivity index (χ0v) is 6.89. The number of halogens is 3. The highest BCUT2D eigenvalue weighted by Gasteiger charge is 2.33. The third-order valence-corrected chi connectivity index (χ3v) is 2.05. The van der Waals surface area contributed by atoms with E-state index in [4.69, 9.17) is 10.0 Å². The standard InChI is InChI=1S/C5H4BF3O3S/c7-5(8,9)4-1-3(2-13-4)12-6(10)11/h1-2,10-11H. The van der Waals surface area contributed by atoms with Crippen LogP contribution in [0.15, 0.2) is 11.4 Å². The molecule has 0 aliphatic carbocycles. The number of hydrogen-bond donors (Lipinski definition) is 2. The molecule has 0 fully saturated rings. The summed E-state index contributed by atoms with van der Waals surface area (Å²) in [7, 11) is -2.10. The second-order valence-corrected chi connectivity index (χ2v) is 3.00. The van der Waals surface area contributed by atoms with E-state index in [2.05, 4.69) is 4.65 Å². The van der Waals surface area contributed by atoms with Gasteiger partial charge >= 0.3 is 13.5 Å². The second kappa shape index (κ2) is 3.56. The van der Waals surface area contributed by atoms with E-state index < -0.39 is 18.4 Å². The van der Waals surface area contributed by atoms with Crippen LogP contribution in [0, 0.1) is 0 Å². The van der Waals surface area contributed by atoms with Gasteiger partial charge in [0.05, 0.1) is 0 Å². The molecule has 1 aromatic heterocycles. The first kappa shape index (κ1) is 10.4. The van der Waals surface area contributed by atoms with Gasteiger partial charge in [-0.15, -0.1) is 11.3 Å². The molecule has 3 nitrogen and oxygen atoms in total. The molecule has 1 aromatic rings. The van der Waals surface area contributed by atoms with Crippen LogP contribution >= 0.6 is 11.3 Å². The maximum Gasteiger partial charge on any atom is 0.707 e. The van der Waals surface area contributed by atoms with E-state index in [1.165, 1.54) is 0 Å². The molecule has 0 amide bonds. The largest absolute Gasteiger partial charge is 0.707 e. The van der Waals surface area contributed by atoms with Gasteiger partial charge in [0.25, 0.3) is 0 Å². The highest BCUT2D eigenvalue weighted by Crippen LogP contribution is 2.36. The van der Waals surface area contributed by atoms with Crippen molar-refractivity contribution in [3.8, 4) is 5.75 Å². The molecule has 8 heteroatoms. The lowest BCUT2D eigenvalue weighted by molar-refractivity contribution is -0.134. The Labute approximate surface area is 75.6 Å². The summed E-state index contributed by atoms with van der Waals surface area (Å²) in [5, 5.41) is 17.6. The lowest BCUT2D eigenvalue weighted by atomic mass is 10.2. The summed E-state index contributed by atoms with van der Waals surface area (Å²) < 4.78 is 40.1. The van der Waals surface area contributed by atoms with E-state index in [9.17, 15) is 13.2 Å². The minimum Gasteiger partial charge on any atom is -0.511 e. The topological polar surface area (TPSA) is 49.7 Å². The van der Waals surface area contributed by atoms with Gasteiger partial charge in [-0.25, -0.2) is 0 Å². The van der Waals surface area contributed by atoms with Gasteiger partial charge in [0.2, 0.25) is 0 Å². The molecule has 0 aliphatic rings. The molecule has 2 N–H and O–H groups in total. The average Bonchev–Trinajstić information content (AvgIpc) is 2.32. The summed E-state index contributed by atoms with van der Waals surface area (Å²) in [6.07, 6.45) is -4.42. The zero-order chi connectivity index (χ0) is 10.1. The summed E-state index contributed by atoms with van der Waals surface area (Å²) >= 11 is 0.426. The maximum absolute atomic E-state index is 12.0. The average molecular weight is 212 g/mol. The summed E-state index contributed by atoms with van der Waals surface area (Å²) in [4.78, 5) is -0.844. The van der Waals surface area contributed by atoms with Crippen molar-refractivity contribution in [2.45, 2.75) is 6.18 Å². The summed E-state index contributed by atoms with van der Waals surface area (Å²) in [5.74, 6) is -0.215. The van der Waals surface area contributed by atoms with E-state index >= 15 is 0 Å². The van der Waals surface area contributed by atoms with Crippen LogP contribution < -0.4 is 4.65 Å². The fraction of sp³-hybridized carbons (Fsp3) is 0.200. The Hall–Kier alpha value is -0.725. The SMILES string of the molecule is OB(O)Oc1csc(C(F)(F)F)c1. The third kappa shape index (κ3) is 2.90. The second-order valence-electron chi connectivity index (χ2n) is 2.09. The Balaban J connectivity index is 2.75. The fourth-order valence-corrected chi connectivity index (χ4v) is 1.34. The molecule has 72 valence electrons. The number of alkyl halides is 3. The van der Waals surface area contributed by atoms with Crippen molar-refractivity contribution in [2.24, 2.45) is 0 Å². The molecule has 0 radical (unpaired) electrons. The van der Waals surface area contributed by atoms with Gasteiger partial charge in [-0.2, -0.15) is 13.2 Å². The Morgan fingerprint density at radius 3 is 2.38 bits per heavy atom.